The van der Waals surface area contributed by atoms with E-state index >= 15 is 0 Å². The maximum Gasteiger partial charge on any atom is 0.126 e. The molecule has 1 aromatic rings. The van der Waals surface area contributed by atoms with Gasteiger partial charge in [0.05, 0.1) is 5.60 Å². The highest BCUT2D eigenvalue weighted by Gasteiger charge is 2.49. The summed E-state index contributed by atoms with van der Waals surface area (Å²) < 4.78 is 20.4. The predicted octanol–water partition coefficient (Wildman–Crippen LogP) is 3.00. The number of fused-ring (bicyclic) bond motifs is 2. The van der Waals surface area contributed by atoms with Crippen molar-refractivity contribution in [2.45, 2.75) is 44.8 Å². The van der Waals surface area contributed by atoms with Crippen LogP contribution >= 0.6 is 0 Å². The molecule has 1 spiro atoms. The Bertz CT molecular complexity index is 502. The number of morpholine rings is 1. The maximum atomic E-state index is 13.9. The van der Waals surface area contributed by atoms with Crippen molar-refractivity contribution < 1.29 is 9.13 Å². The first-order valence-electron chi connectivity index (χ1n) is 7.16. The Morgan fingerprint density at radius 3 is 2.84 bits per heavy atom. The van der Waals surface area contributed by atoms with Crippen molar-refractivity contribution in [1.82, 2.24) is 5.32 Å². The van der Waals surface area contributed by atoms with Gasteiger partial charge in [-0.15, -0.1) is 0 Å². The molecule has 1 aromatic carbocycles. The van der Waals surface area contributed by atoms with E-state index in [-0.39, 0.29) is 17.0 Å². The smallest absolute Gasteiger partial charge is 0.126 e. The van der Waals surface area contributed by atoms with Crippen LogP contribution in [0.1, 0.15) is 38.3 Å². The number of nitrogens with one attached hydrogen (secondary N) is 1. The molecule has 1 fully saturated rings. The van der Waals surface area contributed by atoms with Gasteiger partial charge in [-0.2, -0.15) is 0 Å². The molecule has 2 unspecified atom stereocenters. The number of benzene rings is 1. The molecule has 104 valence electrons. The lowest BCUT2D eigenvalue weighted by molar-refractivity contribution is -0.193. The highest BCUT2D eigenvalue weighted by Crippen LogP contribution is 2.46. The van der Waals surface area contributed by atoms with Crippen molar-refractivity contribution in [2.24, 2.45) is 5.92 Å². The summed E-state index contributed by atoms with van der Waals surface area (Å²) in [4.78, 5) is 0. The topological polar surface area (TPSA) is 21.3 Å². The van der Waals surface area contributed by atoms with Crippen LogP contribution in [0, 0.1) is 11.7 Å². The number of rotatable bonds is 1. The second-order valence-electron chi connectivity index (χ2n) is 6.43. The summed E-state index contributed by atoms with van der Waals surface area (Å²) >= 11 is 0. The fourth-order valence-electron chi connectivity index (χ4n) is 3.34. The predicted molar refractivity (Wildman–Crippen MR) is 73.6 cm³/mol. The van der Waals surface area contributed by atoms with E-state index in [0.717, 1.165) is 37.1 Å². The van der Waals surface area contributed by atoms with Crippen molar-refractivity contribution in [3.05, 3.63) is 35.1 Å². The van der Waals surface area contributed by atoms with Gasteiger partial charge < -0.3 is 10.1 Å². The van der Waals surface area contributed by atoms with E-state index in [1.807, 2.05) is 6.07 Å². The molecular formula is C16H22FNO. The van der Waals surface area contributed by atoms with Crippen molar-refractivity contribution in [2.75, 3.05) is 13.1 Å². The molecule has 3 heteroatoms. The number of halogens is 1. The zero-order valence-electron chi connectivity index (χ0n) is 11.9. The molecule has 1 aliphatic heterocycles. The average Bonchev–Trinajstić information content (AvgIpc) is 2.70. The van der Waals surface area contributed by atoms with Crippen LogP contribution in [0.25, 0.3) is 0 Å². The van der Waals surface area contributed by atoms with Crippen molar-refractivity contribution in [3.8, 4) is 0 Å². The summed E-state index contributed by atoms with van der Waals surface area (Å²) in [6, 6.07) is 5.38. The SMILES string of the molecule is CC(C)C1(C)CNCC2(CCc3c(F)cccc32)O1. The quantitative estimate of drug-likeness (QED) is 0.841. The molecule has 0 bridgehead atoms. The highest BCUT2D eigenvalue weighted by atomic mass is 19.1. The fourth-order valence-corrected chi connectivity index (χ4v) is 3.34. The molecule has 0 saturated carbocycles. The molecule has 1 N–H and O–H groups in total. The molecule has 1 heterocycles. The summed E-state index contributed by atoms with van der Waals surface area (Å²) in [5, 5.41) is 3.50. The van der Waals surface area contributed by atoms with E-state index in [9.17, 15) is 4.39 Å². The van der Waals surface area contributed by atoms with Crippen LogP contribution in [0.2, 0.25) is 0 Å². The Morgan fingerprint density at radius 1 is 1.32 bits per heavy atom. The van der Waals surface area contributed by atoms with Crippen LogP contribution in [0.3, 0.4) is 0 Å². The first-order valence-corrected chi connectivity index (χ1v) is 7.16. The zero-order valence-corrected chi connectivity index (χ0v) is 11.9. The summed E-state index contributed by atoms with van der Waals surface area (Å²) in [6.45, 7) is 8.16. The van der Waals surface area contributed by atoms with E-state index in [0.29, 0.717) is 5.92 Å². The molecule has 1 saturated heterocycles. The van der Waals surface area contributed by atoms with Gasteiger partial charge in [0, 0.05) is 13.1 Å². The third-order valence-corrected chi connectivity index (χ3v) is 4.92. The number of ether oxygens (including phenoxy) is 1. The van der Waals surface area contributed by atoms with Gasteiger partial charge in [0.25, 0.3) is 0 Å². The molecule has 3 rings (SSSR count). The standard InChI is InChI=1S/C16H22FNO/c1-11(2)15(3)9-18-10-16(19-15)8-7-12-13(16)5-4-6-14(12)17/h4-6,11,18H,7-10H2,1-3H3. The Balaban J connectivity index is 2.01. The molecule has 19 heavy (non-hydrogen) atoms. The van der Waals surface area contributed by atoms with Gasteiger partial charge in [-0.1, -0.05) is 26.0 Å². The molecule has 0 amide bonds. The van der Waals surface area contributed by atoms with Crippen LogP contribution in [-0.4, -0.2) is 18.7 Å². The zero-order chi connectivity index (χ0) is 13.7. The lowest BCUT2D eigenvalue weighted by Gasteiger charge is -2.48. The van der Waals surface area contributed by atoms with Crippen LogP contribution in [-0.2, 0) is 16.8 Å². The summed E-state index contributed by atoms with van der Waals surface area (Å²) in [6.07, 6.45) is 1.65. The summed E-state index contributed by atoms with van der Waals surface area (Å²) in [7, 11) is 0. The molecule has 2 atom stereocenters. The van der Waals surface area contributed by atoms with Crippen LogP contribution in [0.4, 0.5) is 4.39 Å². The lowest BCUT2D eigenvalue weighted by Crippen LogP contribution is -2.59. The number of hydrogen-bond acceptors (Lipinski definition) is 2. The minimum absolute atomic E-state index is 0.0881. The van der Waals surface area contributed by atoms with Crippen LogP contribution in [0.15, 0.2) is 18.2 Å². The van der Waals surface area contributed by atoms with Crippen LogP contribution in [0.5, 0.6) is 0 Å². The maximum absolute atomic E-state index is 13.9. The van der Waals surface area contributed by atoms with E-state index in [1.54, 1.807) is 12.1 Å². The Kier molecular flexibility index (Phi) is 2.95. The second kappa shape index (κ2) is 4.29. The van der Waals surface area contributed by atoms with Crippen molar-refractivity contribution in [1.29, 1.82) is 0 Å². The van der Waals surface area contributed by atoms with Crippen LogP contribution < -0.4 is 5.32 Å². The van der Waals surface area contributed by atoms with E-state index in [4.69, 9.17) is 4.74 Å². The lowest BCUT2D eigenvalue weighted by atomic mass is 9.85. The van der Waals surface area contributed by atoms with Crippen molar-refractivity contribution in [3.63, 3.8) is 0 Å². The van der Waals surface area contributed by atoms with Gasteiger partial charge >= 0.3 is 0 Å². The summed E-state index contributed by atoms with van der Waals surface area (Å²) in [5.41, 5.74) is 1.37. The fraction of sp³-hybridized carbons (Fsp3) is 0.625. The largest absolute Gasteiger partial charge is 0.361 e. The Morgan fingerprint density at radius 2 is 2.11 bits per heavy atom. The van der Waals surface area contributed by atoms with Gasteiger partial charge in [0.2, 0.25) is 0 Å². The van der Waals surface area contributed by atoms with E-state index in [2.05, 4.69) is 26.1 Å². The summed E-state index contributed by atoms with van der Waals surface area (Å²) in [5.74, 6) is 0.338. The Labute approximate surface area is 114 Å². The van der Waals surface area contributed by atoms with Gasteiger partial charge in [-0.05, 0) is 42.9 Å². The van der Waals surface area contributed by atoms with Gasteiger partial charge in [-0.3, -0.25) is 0 Å². The highest BCUT2D eigenvalue weighted by molar-refractivity contribution is 5.39. The first-order chi connectivity index (χ1) is 8.97. The monoisotopic (exact) mass is 263 g/mol. The van der Waals surface area contributed by atoms with Gasteiger partial charge in [0.1, 0.15) is 11.4 Å². The molecule has 0 radical (unpaired) electrons. The molecule has 0 aromatic heterocycles. The second-order valence-corrected chi connectivity index (χ2v) is 6.43. The van der Waals surface area contributed by atoms with E-state index in [1.165, 1.54) is 0 Å². The minimum Gasteiger partial charge on any atom is -0.361 e. The normalized spacial score (nSPS) is 33.9. The van der Waals surface area contributed by atoms with Gasteiger partial charge in [-0.25, -0.2) is 4.39 Å². The number of hydrogen-bond donors (Lipinski definition) is 1. The first kappa shape index (κ1) is 13.1. The van der Waals surface area contributed by atoms with Gasteiger partial charge in [0.15, 0.2) is 0 Å². The molecule has 2 aliphatic rings. The van der Waals surface area contributed by atoms with Crippen molar-refractivity contribution >= 4 is 0 Å². The molecule has 2 nitrogen and oxygen atoms in total. The molecule has 1 aliphatic carbocycles. The van der Waals surface area contributed by atoms with E-state index < -0.39 is 0 Å². The molecular weight excluding hydrogens is 241 g/mol. The minimum atomic E-state index is -0.339. The third-order valence-electron chi connectivity index (χ3n) is 4.92. The Hall–Kier alpha value is -0.930. The average molecular weight is 263 g/mol. The third kappa shape index (κ3) is 1.91.